The number of carbonyl (C=O) groups excluding carboxylic acids is 1. The van der Waals surface area contributed by atoms with E-state index in [-0.39, 0.29) is 23.1 Å². The second kappa shape index (κ2) is 7.99. The van der Waals surface area contributed by atoms with Crippen LogP contribution in [0.4, 0.5) is 0 Å². The van der Waals surface area contributed by atoms with E-state index in [0.29, 0.717) is 44.5 Å². The highest BCUT2D eigenvalue weighted by Crippen LogP contribution is 2.30. The lowest BCUT2D eigenvalue weighted by Gasteiger charge is -2.30. The summed E-state index contributed by atoms with van der Waals surface area (Å²) in [6.45, 7) is 4.29. The van der Waals surface area contributed by atoms with Crippen LogP contribution in [0.25, 0.3) is 0 Å². The van der Waals surface area contributed by atoms with Gasteiger partial charge in [-0.1, -0.05) is 6.92 Å². The number of nitrogens with zero attached hydrogens (tertiary/aromatic N) is 3. The van der Waals surface area contributed by atoms with Gasteiger partial charge in [0.1, 0.15) is 12.3 Å². The van der Waals surface area contributed by atoms with Crippen molar-refractivity contribution in [3.05, 3.63) is 22.4 Å². The van der Waals surface area contributed by atoms with E-state index in [1.54, 1.807) is 12.0 Å². The van der Waals surface area contributed by atoms with Gasteiger partial charge in [0.2, 0.25) is 11.7 Å². The van der Waals surface area contributed by atoms with Crippen LogP contribution in [0.3, 0.4) is 0 Å². The highest BCUT2D eigenvalue weighted by Gasteiger charge is 2.30. The van der Waals surface area contributed by atoms with E-state index < -0.39 is 0 Å². The fourth-order valence-corrected chi connectivity index (χ4v) is 3.58. The summed E-state index contributed by atoms with van der Waals surface area (Å²) in [7, 11) is 1.59. The normalized spacial score (nSPS) is 23.5. The second-order valence-electron chi connectivity index (χ2n) is 7.08. The number of ether oxygens (including phenoxy) is 2. The third kappa shape index (κ3) is 4.03. The zero-order valence-electron chi connectivity index (χ0n) is 15.1. The fourth-order valence-electron chi connectivity index (χ4n) is 3.58. The number of hydrogen-bond acceptors (Lipinski definition) is 5. The molecule has 1 aromatic heterocycles. The molecule has 0 aromatic carbocycles. The summed E-state index contributed by atoms with van der Waals surface area (Å²) >= 11 is 0. The first-order valence-electron chi connectivity index (χ1n) is 9.09. The number of amides is 1. The minimum Gasteiger partial charge on any atom is -0.485 e. The zero-order valence-corrected chi connectivity index (χ0v) is 15.1. The molecule has 1 fully saturated rings. The lowest BCUT2D eigenvalue weighted by Crippen LogP contribution is -2.38. The summed E-state index contributed by atoms with van der Waals surface area (Å²) in [4.78, 5) is 31.6. The Balaban J connectivity index is 1.74. The van der Waals surface area contributed by atoms with E-state index in [4.69, 9.17) is 9.47 Å². The van der Waals surface area contributed by atoms with Gasteiger partial charge in [-0.2, -0.15) is 0 Å². The molecular weight excluding hydrogens is 322 g/mol. The largest absolute Gasteiger partial charge is 0.485 e. The molecule has 0 N–H and O–H groups in total. The highest BCUT2D eigenvalue weighted by molar-refractivity contribution is 5.79. The maximum atomic E-state index is 12.9. The van der Waals surface area contributed by atoms with E-state index >= 15 is 0 Å². The quantitative estimate of drug-likeness (QED) is 0.822. The van der Waals surface area contributed by atoms with Crippen LogP contribution in [-0.2, 0) is 22.6 Å². The van der Waals surface area contributed by atoms with Gasteiger partial charge in [-0.15, -0.1) is 0 Å². The van der Waals surface area contributed by atoms with E-state index in [2.05, 4.69) is 11.9 Å². The Morgan fingerprint density at radius 3 is 2.84 bits per heavy atom. The number of hydrogen-bond donors (Lipinski definition) is 0. The van der Waals surface area contributed by atoms with Gasteiger partial charge in [-0.25, -0.2) is 4.98 Å². The van der Waals surface area contributed by atoms with Crippen molar-refractivity contribution in [3.8, 4) is 5.75 Å². The van der Waals surface area contributed by atoms with Crippen molar-refractivity contribution in [2.75, 3.05) is 26.9 Å². The molecule has 0 unspecified atom stereocenters. The van der Waals surface area contributed by atoms with Crippen LogP contribution in [0.5, 0.6) is 5.75 Å². The zero-order chi connectivity index (χ0) is 17.8. The molecule has 0 atom stereocenters. The highest BCUT2D eigenvalue weighted by atomic mass is 16.5. The minimum absolute atomic E-state index is 0.0971. The molecule has 1 aliphatic carbocycles. The second-order valence-corrected chi connectivity index (χ2v) is 7.08. The van der Waals surface area contributed by atoms with Crippen molar-refractivity contribution in [1.82, 2.24) is 14.5 Å². The number of aromatic nitrogens is 2. The molecule has 7 heteroatoms. The van der Waals surface area contributed by atoms with Crippen molar-refractivity contribution in [2.24, 2.45) is 11.8 Å². The molecule has 0 radical (unpaired) electrons. The summed E-state index contributed by atoms with van der Waals surface area (Å²) in [6, 6.07) is 0. The predicted octanol–water partition coefficient (Wildman–Crippen LogP) is 1.44. The monoisotopic (exact) mass is 349 g/mol. The van der Waals surface area contributed by atoms with Gasteiger partial charge in [-0.05, 0) is 31.6 Å². The van der Waals surface area contributed by atoms with Crippen LogP contribution in [0.1, 0.15) is 38.3 Å². The van der Waals surface area contributed by atoms with Crippen molar-refractivity contribution in [2.45, 2.75) is 45.7 Å². The number of rotatable bonds is 4. The van der Waals surface area contributed by atoms with Crippen LogP contribution in [0.2, 0.25) is 0 Å². The Morgan fingerprint density at radius 2 is 2.12 bits per heavy atom. The summed E-state index contributed by atoms with van der Waals surface area (Å²) in [5.41, 5.74) is 0.344. The molecule has 1 aliphatic heterocycles. The third-order valence-electron chi connectivity index (χ3n) is 5.23. The van der Waals surface area contributed by atoms with E-state index in [0.717, 1.165) is 25.7 Å². The molecule has 1 aromatic rings. The maximum absolute atomic E-state index is 12.9. The number of fused-ring (bicyclic) bond motifs is 1. The van der Waals surface area contributed by atoms with Crippen LogP contribution in [0, 0.1) is 11.8 Å². The standard InChI is InChI=1S/C18H27N3O4/c1-13-3-5-14(6-4-13)17(22)20-8-10-25-16-15(11-20)19-12-21(18(16)23)7-9-24-2/h12-14H,3-11H2,1-2H3. The molecule has 138 valence electrons. The Hall–Kier alpha value is -1.89. The number of carbonyl (C=O) groups is 1. The predicted molar refractivity (Wildman–Crippen MR) is 92.4 cm³/mol. The number of methoxy groups -OCH3 is 1. The van der Waals surface area contributed by atoms with Crippen LogP contribution < -0.4 is 10.3 Å². The molecular formula is C18H27N3O4. The Kier molecular flexibility index (Phi) is 5.73. The topological polar surface area (TPSA) is 73.7 Å². The first-order valence-corrected chi connectivity index (χ1v) is 9.09. The SMILES string of the molecule is COCCn1cnc2c(c1=O)OCCN(C(=O)C1CCC(C)CC1)C2. The Bertz CT molecular complexity index is 665. The van der Waals surface area contributed by atoms with Gasteiger partial charge in [0, 0.05) is 13.0 Å². The van der Waals surface area contributed by atoms with Crippen molar-refractivity contribution in [3.63, 3.8) is 0 Å². The van der Waals surface area contributed by atoms with Gasteiger partial charge in [-0.3, -0.25) is 14.2 Å². The van der Waals surface area contributed by atoms with Gasteiger partial charge in [0.25, 0.3) is 5.56 Å². The molecule has 2 aliphatic rings. The summed E-state index contributed by atoms with van der Waals surface area (Å²) < 4.78 is 12.2. The van der Waals surface area contributed by atoms with Gasteiger partial charge in [0.15, 0.2) is 0 Å². The van der Waals surface area contributed by atoms with Crippen molar-refractivity contribution in [1.29, 1.82) is 0 Å². The van der Waals surface area contributed by atoms with Gasteiger partial charge < -0.3 is 14.4 Å². The summed E-state index contributed by atoms with van der Waals surface area (Å²) in [5.74, 6) is 1.25. The Labute approximate surface area is 147 Å². The molecule has 2 heterocycles. The summed E-state index contributed by atoms with van der Waals surface area (Å²) in [6.07, 6.45) is 5.64. The van der Waals surface area contributed by atoms with E-state index in [9.17, 15) is 9.59 Å². The average molecular weight is 349 g/mol. The van der Waals surface area contributed by atoms with Crippen LogP contribution in [-0.4, -0.2) is 47.2 Å². The molecule has 0 bridgehead atoms. The fraction of sp³-hybridized carbons (Fsp3) is 0.722. The molecule has 0 saturated heterocycles. The van der Waals surface area contributed by atoms with Crippen LogP contribution >= 0.6 is 0 Å². The van der Waals surface area contributed by atoms with Crippen molar-refractivity contribution < 1.29 is 14.3 Å². The minimum atomic E-state index is -0.206. The maximum Gasteiger partial charge on any atom is 0.296 e. The smallest absolute Gasteiger partial charge is 0.296 e. The van der Waals surface area contributed by atoms with Gasteiger partial charge in [0.05, 0.1) is 32.6 Å². The third-order valence-corrected chi connectivity index (χ3v) is 5.23. The average Bonchev–Trinajstić information content (AvgIpc) is 2.84. The molecule has 25 heavy (non-hydrogen) atoms. The molecule has 1 amide bonds. The lowest BCUT2D eigenvalue weighted by molar-refractivity contribution is -0.137. The molecule has 1 saturated carbocycles. The van der Waals surface area contributed by atoms with Crippen LogP contribution in [0.15, 0.2) is 11.1 Å². The first-order chi connectivity index (χ1) is 12.1. The molecule has 3 rings (SSSR count). The van der Waals surface area contributed by atoms with Gasteiger partial charge >= 0.3 is 0 Å². The summed E-state index contributed by atoms with van der Waals surface area (Å²) in [5, 5.41) is 0. The van der Waals surface area contributed by atoms with E-state index in [1.165, 1.54) is 10.9 Å². The lowest BCUT2D eigenvalue weighted by atomic mass is 9.82. The molecule has 0 spiro atoms. The Morgan fingerprint density at radius 1 is 1.36 bits per heavy atom. The molecule has 7 nitrogen and oxygen atoms in total. The van der Waals surface area contributed by atoms with Crippen molar-refractivity contribution >= 4 is 5.91 Å². The first kappa shape index (κ1) is 17.9. The van der Waals surface area contributed by atoms with E-state index in [1.807, 2.05) is 0 Å².